The molecule has 0 amide bonds. The van der Waals surface area contributed by atoms with Gasteiger partial charge in [-0.1, -0.05) is 24.4 Å². The molecule has 1 saturated heterocycles. The fourth-order valence-corrected chi connectivity index (χ4v) is 3.41. The summed E-state index contributed by atoms with van der Waals surface area (Å²) in [6.07, 6.45) is 4.31. The standard InChI is InChI=1S/C16H25BClN3O2S.CO2/c18-13-4-6-14(7-5-13)20-16(24)21-10-8-12(11-21)15(19)3-1-2-9-17(22)23;2-1-3/h4-7,12,15,22-23H,1-3,8-11,19H2,(H,20,24);. The summed E-state index contributed by atoms with van der Waals surface area (Å²) in [7, 11) is -1.21. The summed E-state index contributed by atoms with van der Waals surface area (Å²) in [6.45, 7) is 1.77. The van der Waals surface area contributed by atoms with E-state index in [2.05, 4.69) is 10.2 Å². The first kappa shape index (κ1) is 23.6. The largest absolute Gasteiger partial charge is 0.451 e. The number of carbonyl (C=O) groups excluding carboxylic acids is 2. The van der Waals surface area contributed by atoms with E-state index >= 15 is 0 Å². The molecule has 2 unspecified atom stereocenters. The summed E-state index contributed by atoms with van der Waals surface area (Å²) in [5, 5.41) is 22.4. The molecule has 1 aromatic rings. The highest BCUT2D eigenvalue weighted by atomic mass is 35.5. The van der Waals surface area contributed by atoms with Crippen LogP contribution in [0, 0.1) is 5.92 Å². The number of benzene rings is 1. The molecule has 10 heteroatoms. The number of rotatable bonds is 7. The molecule has 0 radical (unpaired) electrons. The number of anilines is 1. The van der Waals surface area contributed by atoms with Gasteiger partial charge in [-0.25, -0.2) is 0 Å². The van der Waals surface area contributed by atoms with Gasteiger partial charge in [-0.2, -0.15) is 9.59 Å². The Morgan fingerprint density at radius 2 is 2.00 bits per heavy atom. The molecule has 0 saturated carbocycles. The van der Waals surface area contributed by atoms with Crippen molar-refractivity contribution < 1.29 is 19.6 Å². The highest BCUT2D eigenvalue weighted by Crippen LogP contribution is 2.23. The quantitative estimate of drug-likeness (QED) is 0.303. The van der Waals surface area contributed by atoms with Gasteiger partial charge in [-0.05, 0) is 61.6 Å². The van der Waals surface area contributed by atoms with Crippen molar-refractivity contribution in [3.05, 3.63) is 29.3 Å². The third kappa shape index (κ3) is 9.33. The van der Waals surface area contributed by atoms with Gasteiger partial charge in [-0.3, -0.25) is 0 Å². The monoisotopic (exact) mass is 413 g/mol. The number of thiocarbonyl (C=S) groups is 1. The maximum Gasteiger partial charge on any atom is 0.451 e. The number of unbranched alkanes of at least 4 members (excludes halogenated alkanes) is 1. The molecule has 27 heavy (non-hydrogen) atoms. The zero-order valence-electron chi connectivity index (χ0n) is 15.0. The molecular weight excluding hydrogens is 389 g/mol. The lowest BCUT2D eigenvalue weighted by Gasteiger charge is -2.23. The van der Waals surface area contributed by atoms with Gasteiger partial charge < -0.3 is 26.0 Å². The number of nitrogens with two attached hydrogens (primary N) is 1. The lowest BCUT2D eigenvalue weighted by molar-refractivity contribution is -0.191. The van der Waals surface area contributed by atoms with Gasteiger partial charge in [-0.15, -0.1) is 0 Å². The summed E-state index contributed by atoms with van der Waals surface area (Å²) in [5.41, 5.74) is 7.23. The van der Waals surface area contributed by atoms with Crippen LogP contribution in [0.5, 0.6) is 0 Å². The Bertz CT molecular complexity index is 615. The van der Waals surface area contributed by atoms with E-state index in [1.54, 1.807) is 0 Å². The van der Waals surface area contributed by atoms with E-state index in [1.807, 2.05) is 24.3 Å². The van der Waals surface area contributed by atoms with Crippen molar-refractivity contribution in [3.8, 4) is 0 Å². The van der Waals surface area contributed by atoms with Crippen molar-refractivity contribution in [1.29, 1.82) is 0 Å². The summed E-state index contributed by atoms with van der Waals surface area (Å²) >= 11 is 11.4. The third-order valence-corrected chi connectivity index (χ3v) is 5.07. The van der Waals surface area contributed by atoms with Crippen LogP contribution in [0.1, 0.15) is 25.7 Å². The molecule has 1 aliphatic rings. The molecule has 7 nitrogen and oxygen atoms in total. The van der Waals surface area contributed by atoms with E-state index in [9.17, 15) is 0 Å². The van der Waals surface area contributed by atoms with Gasteiger partial charge in [0.2, 0.25) is 0 Å². The van der Waals surface area contributed by atoms with E-state index < -0.39 is 7.12 Å². The highest BCUT2D eigenvalue weighted by molar-refractivity contribution is 7.80. The van der Waals surface area contributed by atoms with Crippen LogP contribution in [-0.4, -0.2) is 52.5 Å². The van der Waals surface area contributed by atoms with Gasteiger partial charge in [0.25, 0.3) is 0 Å². The molecule has 1 aromatic carbocycles. The lowest BCUT2D eigenvalue weighted by atomic mass is 9.82. The molecule has 1 heterocycles. The number of halogens is 1. The molecule has 0 bridgehead atoms. The number of nitrogens with one attached hydrogen (secondary N) is 1. The van der Waals surface area contributed by atoms with E-state index in [4.69, 9.17) is 49.2 Å². The second kappa shape index (κ2) is 12.8. The molecule has 5 N–H and O–H groups in total. The Morgan fingerprint density at radius 3 is 2.59 bits per heavy atom. The lowest BCUT2D eigenvalue weighted by Crippen LogP contribution is -2.36. The Balaban J connectivity index is 0.00000114. The molecule has 2 atom stereocenters. The van der Waals surface area contributed by atoms with E-state index in [0.29, 0.717) is 17.3 Å². The van der Waals surface area contributed by atoms with Crippen molar-refractivity contribution in [2.45, 2.75) is 38.0 Å². The van der Waals surface area contributed by atoms with E-state index in [1.165, 1.54) is 0 Å². The highest BCUT2D eigenvalue weighted by Gasteiger charge is 2.28. The van der Waals surface area contributed by atoms with Crippen molar-refractivity contribution in [2.75, 3.05) is 18.4 Å². The Labute approximate surface area is 170 Å². The van der Waals surface area contributed by atoms with Crippen molar-refractivity contribution >= 4 is 47.9 Å². The minimum Gasteiger partial charge on any atom is -0.427 e. The fourth-order valence-electron chi connectivity index (χ4n) is 3.00. The average molecular weight is 414 g/mol. The van der Waals surface area contributed by atoms with Gasteiger partial charge in [0.05, 0.1) is 0 Å². The smallest absolute Gasteiger partial charge is 0.427 e. The second-order valence-electron chi connectivity index (χ2n) is 6.44. The molecule has 1 aliphatic heterocycles. The van der Waals surface area contributed by atoms with Crippen LogP contribution in [0.4, 0.5) is 5.69 Å². The first-order chi connectivity index (χ1) is 12.9. The van der Waals surface area contributed by atoms with Crippen LogP contribution in [0.3, 0.4) is 0 Å². The molecule has 0 aliphatic carbocycles. The predicted molar refractivity (Wildman–Crippen MR) is 109 cm³/mol. The number of likely N-dealkylation sites (tertiary alicyclic amines) is 1. The SMILES string of the molecule is NC(CCCCB(O)O)C1CCN(C(=S)Nc2ccc(Cl)cc2)C1.O=C=O. The van der Waals surface area contributed by atoms with Crippen LogP contribution in [-0.2, 0) is 9.59 Å². The van der Waals surface area contributed by atoms with Crippen LogP contribution in [0.15, 0.2) is 24.3 Å². The number of hydrogen-bond donors (Lipinski definition) is 4. The third-order valence-electron chi connectivity index (χ3n) is 4.46. The second-order valence-corrected chi connectivity index (χ2v) is 7.27. The minimum atomic E-state index is -1.21. The summed E-state index contributed by atoms with van der Waals surface area (Å²) in [4.78, 5) is 18.4. The van der Waals surface area contributed by atoms with Crippen molar-refractivity contribution in [1.82, 2.24) is 4.90 Å². The summed E-state index contributed by atoms with van der Waals surface area (Å²) in [5.74, 6) is 0.425. The number of nitrogens with zero attached hydrogens (tertiary/aromatic N) is 1. The molecule has 0 spiro atoms. The van der Waals surface area contributed by atoms with Gasteiger partial charge in [0.1, 0.15) is 0 Å². The fraction of sp³-hybridized carbons (Fsp3) is 0.529. The molecule has 0 aromatic heterocycles. The molecule has 1 fully saturated rings. The Morgan fingerprint density at radius 1 is 1.37 bits per heavy atom. The zero-order chi connectivity index (χ0) is 20.2. The van der Waals surface area contributed by atoms with Gasteiger partial charge in [0.15, 0.2) is 5.11 Å². The van der Waals surface area contributed by atoms with Crippen LogP contribution < -0.4 is 11.1 Å². The Hall–Kier alpha value is -1.48. The molecule has 2 rings (SSSR count). The first-order valence-corrected chi connectivity index (χ1v) is 9.58. The summed E-state index contributed by atoms with van der Waals surface area (Å²) in [6, 6.07) is 7.61. The minimum absolute atomic E-state index is 0.129. The van der Waals surface area contributed by atoms with E-state index in [-0.39, 0.29) is 12.2 Å². The van der Waals surface area contributed by atoms with Crippen molar-refractivity contribution in [2.24, 2.45) is 11.7 Å². The maximum absolute atomic E-state index is 8.85. The molecule has 148 valence electrons. The number of hydrogen-bond acceptors (Lipinski definition) is 6. The van der Waals surface area contributed by atoms with Crippen molar-refractivity contribution in [3.63, 3.8) is 0 Å². The van der Waals surface area contributed by atoms with Gasteiger partial charge >= 0.3 is 13.3 Å². The summed E-state index contributed by atoms with van der Waals surface area (Å²) < 4.78 is 0. The van der Waals surface area contributed by atoms with Crippen LogP contribution in [0.2, 0.25) is 11.3 Å². The average Bonchev–Trinajstić information content (AvgIpc) is 3.11. The maximum atomic E-state index is 8.85. The van der Waals surface area contributed by atoms with E-state index in [0.717, 1.165) is 49.6 Å². The van der Waals surface area contributed by atoms with Gasteiger partial charge in [0, 0.05) is 29.8 Å². The van der Waals surface area contributed by atoms with Crippen LogP contribution >= 0.6 is 23.8 Å². The first-order valence-electron chi connectivity index (χ1n) is 8.79. The zero-order valence-corrected chi connectivity index (χ0v) is 16.6. The topological polar surface area (TPSA) is 116 Å². The molecular formula is C17H25BClN3O4S. The predicted octanol–water partition coefficient (Wildman–Crippen LogP) is 1.75. The normalized spacial score (nSPS) is 16.7. The Kier molecular flexibility index (Phi) is 11.2. The van der Waals surface area contributed by atoms with Crippen LogP contribution in [0.25, 0.3) is 0 Å².